The number of ketones is 1. The molecule has 0 amide bonds. The minimum atomic E-state index is -0.609. The van der Waals surface area contributed by atoms with E-state index < -0.39 is 17.5 Å². The van der Waals surface area contributed by atoms with Gasteiger partial charge in [0.1, 0.15) is 5.57 Å². The number of hydrogen-bond donors (Lipinski definition) is 0. The molecule has 0 bridgehead atoms. The standard InChI is InChI=1S/C11H16O4/c1-6-8(14-5)7(10(13)15-6)9(12)11(2,3)4/h6H,1-5H3. The van der Waals surface area contributed by atoms with Crippen molar-refractivity contribution in [2.75, 3.05) is 7.11 Å². The summed E-state index contributed by atoms with van der Waals surface area (Å²) in [5.74, 6) is -0.493. The molecule has 0 radical (unpaired) electrons. The van der Waals surface area contributed by atoms with Crippen LogP contribution in [0.15, 0.2) is 11.3 Å². The van der Waals surface area contributed by atoms with Gasteiger partial charge in [-0.05, 0) is 6.92 Å². The van der Waals surface area contributed by atoms with Gasteiger partial charge in [-0.1, -0.05) is 20.8 Å². The smallest absolute Gasteiger partial charge is 0.346 e. The molecule has 4 nitrogen and oxygen atoms in total. The van der Waals surface area contributed by atoms with Crippen molar-refractivity contribution in [3.63, 3.8) is 0 Å². The van der Waals surface area contributed by atoms with E-state index in [-0.39, 0.29) is 11.4 Å². The van der Waals surface area contributed by atoms with E-state index in [0.29, 0.717) is 5.76 Å². The number of cyclic esters (lactones) is 1. The summed E-state index contributed by atoms with van der Waals surface area (Å²) in [6.45, 7) is 6.95. The second-order valence-electron chi connectivity index (χ2n) is 4.57. The number of rotatable bonds is 2. The number of Topliss-reactive ketones (excluding diaryl/α,β-unsaturated/α-hetero) is 1. The molecular formula is C11H16O4. The lowest BCUT2D eigenvalue weighted by atomic mass is 9.86. The van der Waals surface area contributed by atoms with Crippen molar-refractivity contribution in [3.05, 3.63) is 11.3 Å². The predicted molar refractivity (Wildman–Crippen MR) is 54.1 cm³/mol. The predicted octanol–water partition coefficient (Wildman–Crippen LogP) is 1.45. The summed E-state index contributed by atoms with van der Waals surface area (Å²) in [6, 6.07) is 0. The van der Waals surface area contributed by atoms with E-state index in [4.69, 9.17) is 9.47 Å². The van der Waals surface area contributed by atoms with Crippen LogP contribution in [-0.4, -0.2) is 25.0 Å². The summed E-state index contributed by atoms with van der Waals surface area (Å²) in [6.07, 6.45) is -0.469. The van der Waals surface area contributed by atoms with Crippen LogP contribution >= 0.6 is 0 Å². The third-order valence-corrected chi connectivity index (χ3v) is 2.23. The molecule has 0 saturated carbocycles. The molecular weight excluding hydrogens is 196 g/mol. The topological polar surface area (TPSA) is 52.6 Å². The summed E-state index contributed by atoms with van der Waals surface area (Å²) >= 11 is 0. The van der Waals surface area contributed by atoms with Crippen LogP contribution in [0.5, 0.6) is 0 Å². The fourth-order valence-electron chi connectivity index (χ4n) is 1.42. The van der Waals surface area contributed by atoms with Gasteiger partial charge in [0, 0.05) is 5.41 Å². The lowest BCUT2D eigenvalue weighted by Crippen LogP contribution is -2.25. The maximum atomic E-state index is 12.0. The summed E-state index contributed by atoms with van der Waals surface area (Å²) in [4.78, 5) is 23.4. The van der Waals surface area contributed by atoms with Crippen LogP contribution < -0.4 is 0 Å². The number of methoxy groups -OCH3 is 1. The van der Waals surface area contributed by atoms with Gasteiger partial charge in [-0.3, -0.25) is 4.79 Å². The van der Waals surface area contributed by atoms with Crippen molar-refractivity contribution >= 4 is 11.8 Å². The molecule has 1 unspecified atom stereocenters. The molecule has 1 atom stereocenters. The van der Waals surface area contributed by atoms with E-state index in [1.54, 1.807) is 27.7 Å². The van der Waals surface area contributed by atoms with Crippen molar-refractivity contribution in [2.45, 2.75) is 33.8 Å². The largest absolute Gasteiger partial charge is 0.496 e. The van der Waals surface area contributed by atoms with E-state index in [9.17, 15) is 9.59 Å². The summed E-state index contributed by atoms with van der Waals surface area (Å²) in [5, 5.41) is 0. The zero-order valence-corrected chi connectivity index (χ0v) is 9.71. The quantitative estimate of drug-likeness (QED) is 0.513. The molecule has 0 fully saturated rings. The number of carbonyl (C=O) groups is 2. The van der Waals surface area contributed by atoms with Crippen LogP contribution in [0.2, 0.25) is 0 Å². The van der Waals surface area contributed by atoms with Crippen molar-refractivity contribution in [1.29, 1.82) is 0 Å². The Morgan fingerprint density at radius 2 is 1.93 bits per heavy atom. The highest BCUT2D eigenvalue weighted by molar-refractivity contribution is 6.20. The highest BCUT2D eigenvalue weighted by Gasteiger charge is 2.40. The Morgan fingerprint density at radius 1 is 1.40 bits per heavy atom. The zero-order chi connectivity index (χ0) is 11.8. The first-order chi connectivity index (χ1) is 6.79. The van der Waals surface area contributed by atoms with Gasteiger partial charge in [-0.15, -0.1) is 0 Å². The molecule has 4 heteroatoms. The molecule has 0 spiro atoms. The Labute approximate surface area is 89.2 Å². The Kier molecular flexibility index (Phi) is 2.88. The first-order valence-electron chi connectivity index (χ1n) is 4.83. The monoisotopic (exact) mass is 212 g/mol. The average molecular weight is 212 g/mol. The van der Waals surface area contributed by atoms with E-state index in [0.717, 1.165) is 0 Å². The van der Waals surface area contributed by atoms with Crippen molar-refractivity contribution in [2.24, 2.45) is 5.41 Å². The molecule has 1 aliphatic rings. The summed E-state index contributed by atoms with van der Waals surface area (Å²) < 4.78 is 9.97. The lowest BCUT2D eigenvalue weighted by molar-refractivity contribution is -0.141. The maximum Gasteiger partial charge on any atom is 0.346 e. The van der Waals surface area contributed by atoms with Crippen molar-refractivity contribution < 1.29 is 19.1 Å². The molecule has 1 aliphatic heterocycles. The lowest BCUT2D eigenvalue weighted by Gasteiger charge is -2.16. The molecule has 0 aromatic carbocycles. The fourth-order valence-corrected chi connectivity index (χ4v) is 1.42. The van der Waals surface area contributed by atoms with Crippen LogP contribution in [0.4, 0.5) is 0 Å². The Bertz CT molecular complexity index is 333. The third-order valence-electron chi connectivity index (χ3n) is 2.23. The molecule has 0 aromatic heterocycles. The summed E-state index contributed by atoms with van der Waals surface area (Å²) in [5.41, 5.74) is -0.556. The SMILES string of the molecule is COC1=C(C(=O)C(C)(C)C)C(=O)OC1C. The molecule has 0 aliphatic carbocycles. The van der Waals surface area contributed by atoms with Crippen molar-refractivity contribution in [3.8, 4) is 0 Å². The molecule has 1 rings (SSSR count). The maximum absolute atomic E-state index is 12.0. The zero-order valence-electron chi connectivity index (χ0n) is 9.71. The van der Waals surface area contributed by atoms with Crippen LogP contribution in [0.1, 0.15) is 27.7 Å². The normalized spacial score (nSPS) is 21.7. The average Bonchev–Trinajstić information content (AvgIpc) is 2.37. The number of esters is 1. The Balaban J connectivity index is 3.16. The van der Waals surface area contributed by atoms with Crippen LogP contribution in [-0.2, 0) is 19.1 Å². The van der Waals surface area contributed by atoms with E-state index in [2.05, 4.69) is 0 Å². The minimum Gasteiger partial charge on any atom is -0.496 e. The van der Waals surface area contributed by atoms with E-state index in [1.165, 1.54) is 7.11 Å². The van der Waals surface area contributed by atoms with Crippen LogP contribution in [0.3, 0.4) is 0 Å². The number of carbonyl (C=O) groups excluding carboxylic acids is 2. The second-order valence-corrected chi connectivity index (χ2v) is 4.57. The first-order valence-corrected chi connectivity index (χ1v) is 4.83. The van der Waals surface area contributed by atoms with Crippen LogP contribution in [0, 0.1) is 5.41 Å². The molecule has 1 heterocycles. The van der Waals surface area contributed by atoms with Gasteiger partial charge in [0.05, 0.1) is 7.11 Å². The van der Waals surface area contributed by atoms with Gasteiger partial charge in [0.15, 0.2) is 17.6 Å². The molecule has 84 valence electrons. The van der Waals surface area contributed by atoms with Gasteiger partial charge >= 0.3 is 5.97 Å². The van der Waals surface area contributed by atoms with Gasteiger partial charge in [-0.25, -0.2) is 4.79 Å². The van der Waals surface area contributed by atoms with Crippen molar-refractivity contribution in [1.82, 2.24) is 0 Å². The van der Waals surface area contributed by atoms with Gasteiger partial charge < -0.3 is 9.47 Å². The fraction of sp³-hybridized carbons (Fsp3) is 0.636. The second kappa shape index (κ2) is 3.68. The molecule has 15 heavy (non-hydrogen) atoms. The Morgan fingerprint density at radius 3 is 2.33 bits per heavy atom. The van der Waals surface area contributed by atoms with Crippen LogP contribution in [0.25, 0.3) is 0 Å². The minimum absolute atomic E-state index is 0.0532. The highest BCUT2D eigenvalue weighted by Crippen LogP contribution is 2.29. The highest BCUT2D eigenvalue weighted by atomic mass is 16.6. The molecule has 0 saturated heterocycles. The molecule has 0 N–H and O–H groups in total. The van der Waals surface area contributed by atoms with E-state index >= 15 is 0 Å². The van der Waals surface area contributed by atoms with Gasteiger partial charge in [-0.2, -0.15) is 0 Å². The van der Waals surface area contributed by atoms with E-state index in [1.807, 2.05) is 0 Å². The van der Waals surface area contributed by atoms with Gasteiger partial charge in [0.2, 0.25) is 0 Å². The number of hydrogen-bond acceptors (Lipinski definition) is 4. The van der Waals surface area contributed by atoms with Gasteiger partial charge in [0.25, 0.3) is 0 Å². The summed E-state index contributed by atoms with van der Waals surface area (Å²) in [7, 11) is 1.43. The third kappa shape index (κ3) is 2.03. The Hall–Kier alpha value is -1.32. The molecule has 0 aromatic rings. The number of ether oxygens (including phenoxy) is 2. The first kappa shape index (κ1) is 11.8.